The molecule has 3 N–H and O–H groups in total. The molecule has 0 spiro atoms. The Labute approximate surface area is 129 Å². The van der Waals surface area contributed by atoms with Crippen molar-refractivity contribution in [3.05, 3.63) is 53.9 Å². The fraction of sp³-hybridized carbons (Fsp3) is 0.294. The van der Waals surface area contributed by atoms with Gasteiger partial charge in [-0.25, -0.2) is 0 Å². The molecule has 1 saturated heterocycles. The Morgan fingerprint density at radius 3 is 3.00 bits per heavy atom. The van der Waals surface area contributed by atoms with E-state index in [1.54, 1.807) is 12.4 Å². The van der Waals surface area contributed by atoms with Gasteiger partial charge in [0.2, 0.25) is 0 Å². The van der Waals surface area contributed by atoms with Gasteiger partial charge in [-0.3, -0.25) is 4.98 Å². The average Bonchev–Trinajstić information content (AvgIpc) is 2.55. The molecule has 5 nitrogen and oxygen atoms in total. The van der Waals surface area contributed by atoms with E-state index in [2.05, 4.69) is 22.4 Å². The van der Waals surface area contributed by atoms with Crippen LogP contribution in [-0.2, 0) is 10.3 Å². The molecule has 1 aliphatic heterocycles. The van der Waals surface area contributed by atoms with Crippen molar-refractivity contribution in [1.29, 1.82) is 5.26 Å². The maximum absolute atomic E-state index is 9.01. The fourth-order valence-corrected chi connectivity index (χ4v) is 2.73. The van der Waals surface area contributed by atoms with Gasteiger partial charge in [-0.2, -0.15) is 5.26 Å². The number of hydrogen-bond donors (Lipinski definition) is 2. The van der Waals surface area contributed by atoms with Gasteiger partial charge in [0.25, 0.3) is 0 Å². The molecule has 2 atom stereocenters. The molecule has 0 radical (unpaired) electrons. The van der Waals surface area contributed by atoms with Gasteiger partial charge in [-0.05, 0) is 30.2 Å². The number of nitrogens with two attached hydrogens (primary N) is 1. The van der Waals surface area contributed by atoms with Gasteiger partial charge in [0.05, 0.1) is 5.56 Å². The van der Waals surface area contributed by atoms with E-state index in [0.717, 1.165) is 16.7 Å². The normalized spacial score (nSPS) is 24.7. The largest absolute Gasteiger partial charge is 0.350 e. The van der Waals surface area contributed by atoms with E-state index in [1.165, 1.54) is 0 Å². The molecule has 2 unspecified atom stereocenters. The van der Waals surface area contributed by atoms with Crippen LogP contribution in [0.15, 0.2) is 42.7 Å². The van der Waals surface area contributed by atoms with Crippen molar-refractivity contribution in [3.8, 4) is 17.2 Å². The minimum atomic E-state index is -0.464. The highest BCUT2D eigenvalue weighted by Gasteiger charge is 2.33. The number of nitrogens with zero attached hydrogens (tertiary/aromatic N) is 2. The molecular weight excluding hydrogens is 276 g/mol. The van der Waals surface area contributed by atoms with E-state index in [1.807, 2.05) is 31.2 Å². The lowest BCUT2D eigenvalue weighted by Crippen LogP contribution is -2.53. The summed E-state index contributed by atoms with van der Waals surface area (Å²) < 4.78 is 5.94. The number of nitrogens with one attached hydrogen (secondary N) is 1. The molecule has 1 aliphatic rings. The number of rotatable bonds is 2. The lowest BCUT2D eigenvalue weighted by Gasteiger charge is -2.38. The summed E-state index contributed by atoms with van der Waals surface area (Å²) in [4.78, 5) is 4.12. The number of benzene rings is 1. The maximum atomic E-state index is 9.01. The molecule has 1 aromatic carbocycles. The molecule has 2 aromatic rings. The number of hydrogen-bond acceptors (Lipinski definition) is 5. The first-order valence-electron chi connectivity index (χ1n) is 7.21. The Kier molecular flexibility index (Phi) is 3.90. The highest BCUT2D eigenvalue weighted by Crippen LogP contribution is 2.31. The third-order valence-corrected chi connectivity index (χ3v) is 3.89. The fourth-order valence-electron chi connectivity index (χ4n) is 2.73. The predicted octanol–water partition coefficient (Wildman–Crippen LogP) is 1.74. The molecule has 1 aromatic heterocycles. The van der Waals surface area contributed by atoms with Gasteiger partial charge in [-0.15, -0.1) is 0 Å². The summed E-state index contributed by atoms with van der Waals surface area (Å²) in [6.45, 7) is 3.39. The topological polar surface area (TPSA) is 84.0 Å². The molecule has 22 heavy (non-hydrogen) atoms. The maximum Gasteiger partial charge on any atom is 0.119 e. The number of ether oxygens (including phenoxy) is 1. The third-order valence-electron chi connectivity index (χ3n) is 3.89. The predicted molar refractivity (Wildman–Crippen MR) is 83.7 cm³/mol. The van der Waals surface area contributed by atoms with E-state index in [9.17, 15) is 0 Å². The molecule has 3 rings (SSSR count). The lowest BCUT2D eigenvalue weighted by atomic mass is 9.91. The summed E-state index contributed by atoms with van der Waals surface area (Å²) in [5.74, 6) is 0. The van der Waals surface area contributed by atoms with Crippen LogP contribution in [0.1, 0.15) is 18.1 Å². The van der Waals surface area contributed by atoms with Crippen molar-refractivity contribution < 1.29 is 4.74 Å². The van der Waals surface area contributed by atoms with Crippen molar-refractivity contribution in [2.45, 2.75) is 18.8 Å². The first-order chi connectivity index (χ1) is 10.6. The third kappa shape index (κ3) is 2.85. The van der Waals surface area contributed by atoms with E-state index in [4.69, 9.17) is 15.7 Å². The lowest BCUT2D eigenvalue weighted by molar-refractivity contribution is -0.107. The van der Waals surface area contributed by atoms with Crippen molar-refractivity contribution in [3.63, 3.8) is 0 Å². The molecule has 112 valence electrons. The monoisotopic (exact) mass is 294 g/mol. The zero-order chi connectivity index (χ0) is 15.6. The Hall–Kier alpha value is -2.26. The van der Waals surface area contributed by atoms with Gasteiger partial charge in [0.15, 0.2) is 0 Å². The second-order valence-corrected chi connectivity index (χ2v) is 5.67. The van der Waals surface area contributed by atoms with Crippen LogP contribution in [-0.4, -0.2) is 24.3 Å². The standard InChI is InChI=1S/C17H18N4O/c1-17(11-21-10-16(19)22-17)15-4-2-3-13(6-15)14-5-12(7-18)8-20-9-14/h2-6,8-9,16,21H,10-11,19H2,1H3. The minimum absolute atomic E-state index is 0.314. The van der Waals surface area contributed by atoms with Crippen molar-refractivity contribution in [2.24, 2.45) is 5.73 Å². The number of nitriles is 1. The molecule has 2 heterocycles. The SMILES string of the molecule is CC1(c2cccc(-c3cncc(C#N)c3)c2)CNCC(N)O1. The second kappa shape index (κ2) is 5.85. The second-order valence-electron chi connectivity index (χ2n) is 5.67. The summed E-state index contributed by atoms with van der Waals surface area (Å²) in [5, 5.41) is 12.3. The first kappa shape index (κ1) is 14.7. The first-order valence-corrected chi connectivity index (χ1v) is 7.21. The summed E-state index contributed by atoms with van der Waals surface area (Å²) in [6.07, 6.45) is 3.00. The van der Waals surface area contributed by atoms with Crippen LogP contribution in [0.5, 0.6) is 0 Å². The zero-order valence-electron chi connectivity index (χ0n) is 12.4. The van der Waals surface area contributed by atoms with Gasteiger partial charge < -0.3 is 15.8 Å². The zero-order valence-corrected chi connectivity index (χ0v) is 12.4. The molecule has 0 saturated carbocycles. The van der Waals surface area contributed by atoms with Crippen LogP contribution in [0.25, 0.3) is 11.1 Å². The molecular formula is C17H18N4O. The minimum Gasteiger partial charge on any atom is -0.350 e. The van der Waals surface area contributed by atoms with E-state index in [0.29, 0.717) is 18.7 Å². The Morgan fingerprint density at radius 2 is 2.23 bits per heavy atom. The van der Waals surface area contributed by atoms with Crippen LogP contribution in [0.3, 0.4) is 0 Å². The smallest absolute Gasteiger partial charge is 0.119 e. The van der Waals surface area contributed by atoms with E-state index < -0.39 is 5.60 Å². The molecule has 1 fully saturated rings. The number of aromatic nitrogens is 1. The Bertz CT molecular complexity index is 725. The van der Waals surface area contributed by atoms with Crippen LogP contribution < -0.4 is 11.1 Å². The molecule has 0 amide bonds. The quantitative estimate of drug-likeness (QED) is 0.881. The Morgan fingerprint density at radius 1 is 1.36 bits per heavy atom. The van der Waals surface area contributed by atoms with Crippen molar-refractivity contribution in [2.75, 3.05) is 13.1 Å². The summed E-state index contributed by atoms with van der Waals surface area (Å²) in [5.41, 5.74) is 8.96. The molecule has 0 aliphatic carbocycles. The average molecular weight is 294 g/mol. The van der Waals surface area contributed by atoms with Crippen LogP contribution in [0, 0.1) is 11.3 Å². The molecule has 0 bridgehead atoms. The highest BCUT2D eigenvalue weighted by molar-refractivity contribution is 5.65. The number of pyridine rings is 1. The van der Waals surface area contributed by atoms with Gasteiger partial charge >= 0.3 is 0 Å². The summed E-state index contributed by atoms with van der Waals surface area (Å²) >= 11 is 0. The van der Waals surface area contributed by atoms with Crippen molar-refractivity contribution in [1.82, 2.24) is 10.3 Å². The van der Waals surface area contributed by atoms with Gasteiger partial charge in [0.1, 0.15) is 17.9 Å². The molecule has 5 heteroatoms. The van der Waals surface area contributed by atoms with Crippen LogP contribution in [0.2, 0.25) is 0 Å². The summed E-state index contributed by atoms with van der Waals surface area (Å²) in [6, 6.07) is 12.0. The van der Waals surface area contributed by atoms with E-state index >= 15 is 0 Å². The number of morpholine rings is 1. The van der Waals surface area contributed by atoms with E-state index in [-0.39, 0.29) is 6.23 Å². The summed E-state index contributed by atoms with van der Waals surface area (Å²) in [7, 11) is 0. The van der Waals surface area contributed by atoms with Gasteiger partial charge in [0, 0.05) is 31.0 Å². The highest BCUT2D eigenvalue weighted by atomic mass is 16.5. The van der Waals surface area contributed by atoms with Gasteiger partial charge in [-0.1, -0.05) is 18.2 Å². The van der Waals surface area contributed by atoms with Crippen LogP contribution in [0.4, 0.5) is 0 Å². The van der Waals surface area contributed by atoms with Crippen LogP contribution >= 0.6 is 0 Å². The Balaban J connectivity index is 1.97. The van der Waals surface area contributed by atoms with Crippen molar-refractivity contribution >= 4 is 0 Å².